The molecule has 51 heavy (non-hydrogen) atoms. The third-order valence-corrected chi connectivity index (χ3v) is 12.1. The number of ether oxygens (including phenoxy) is 3. The molecule has 2 fully saturated rings. The first-order valence-electron chi connectivity index (χ1n) is 16.9. The van der Waals surface area contributed by atoms with Gasteiger partial charge >= 0.3 is 15.8 Å². The summed E-state index contributed by atoms with van der Waals surface area (Å²) in [7, 11) is 2.44. The van der Waals surface area contributed by atoms with Crippen molar-refractivity contribution in [3.8, 4) is 5.75 Å². The zero-order chi connectivity index (χ0) is 36.6. The van der Waals surface area contributed by atoms with Crippen LogP contribution in [0, 0.1) is 6.92 Å². The van der Waals surface area contributed by atoms with E-state index in [2.05, 4.69) is 21.6 Å². The minimum Gasteiger partial charge on any atom is -0.496 e. The summed E-state index contributed by atoms with van der Waals surface area (Å²) in [6.45, 7) is 5.70. The third-order valence-electron chi connectivity index (χ3n) is 10.2. The van der Waals surface area contributed by atoms with Crippen LogP contribution >= 0.6 is 11.6 Å². The van der Waals surface area contributed by atoms with Crippen LogP contribution in [0.4, 0.5) is 5.69 Å². The molecule has 6 rings (SSSR count). The van der Waals surface area contributed by atoms with Crippen molar-refractivity contribution in [2.45, 2.75) is 44.8 Å². The predicted octanol–water partition coefficient (Wildman–Crippen LogP) is 2.81. The molecule has 276 valence electrons. The molecule has 2 aromatic carbocycles. The van der Waals surface area contributed by atoms with E-state index >= 15 is 0 Å². The molecule has 14 nitrogen and oxygen atoms in total. The maximum atomic E-state index is 13.7. The molecule has 0 unspecified atom stereocenters. The van der Waals surface area contributed by atoms with Crippen LogP contribution in [0.1, 0.15) is 50.2 Å². The first-order valence-corrected chi connectivity index (χ1v) is 18.7. The normalized spacial score (nSPS) is 20.1. The summed E-state index contributed by atoms with van der Waals surface area (Å²) >= 11 is 6.94. The number of likely N-dealkylation sites (N-methyl/N-ethyl adjacent to an activating group) is 1. The maximum absolute atomic E-state index is 13.7. The summed E-state index contributed by atoms with van der Waals surface area (Å²) in [5, 5.41) is 1.16. The number of hydrogen-bond donors (Lipinski definition) is 1. The van der Waals surface area contributed by atoms with Crippen molar-refractivity contribution in [1.82, 2.24) is 18.8 Å². The highest BCUT2D eigenvalue weighted by molar-refractivity contribution is 7.87. The Balaban J connectivity index is 1.22. The molecule has 0 bridgehead atoms. The summed E-state index contributed by atoms with van der Waals surface area (Å²) in [6, 6.07) is 5.95. The minimum atomic E-state index is -4.15. The van der Waals surface area contributed by atoms with E-state index in [1.54, 1.807) is 7.11 Å². The highest BCUT2D eigenvalue weighted by Crippen LogP contribution is 2.38. The number of nitrogens with one attached hydrogen (secondary N) is 1. The van der Waals surface area contributed by atoms with Gasteiger partial charge in [0.15, 0.2) is 0 Å². The van der Waals surface area contributed by atoms with Gasteiger partial charge in [-0.15, -0.1) is 0 Å². The smallest absolute Gasteiger partial charge is 0.341 e. The van der Waals surface area contributed by atoms with Gasteiger partial charge in [0.2, 0.25) is 0 Å². The van der Waals surface area contributed by atoms with Crippen molar-refractivity contribution in [2.75, 3.05) is 79.2 Å². The number of amides is 2. The lowest BCUT2D eigenvalue weighted by atomic mass is 9.95. The lowest BCUT2D eigenvalue weighted by Crippen LogP contribution is -2.53. The van der Waals surface area contributed by atoms with Gasteiger partial charge in [-0.3, -0.25) is 14.5 Å². The van der Waals surface area contributed by atoms with Crippen molar-refractivity contribution in [1.29, 1.82) is 0 Å². The number of carbonyl (C=O) groups excluding carboxylic acids is 2. The van der Waals surface area contributed by atoms with Gasteiger partial charge in [0.1, 0.15) is 11.3 Å². The van der Waals surface area contributed by atoms with Crippen LogP contribution in [0.3, 0.4) is 0 Å². The Kier molecular flexibility index (Phi) is 11.0. The fourth-order valence-corrected chi connectivity index (χ4v) is 9.14. The number of anilines is 1. The van der Waals surface area contributed by atoms with Gasteiger partial charge in [-0.25, -0.2) is 9.52 Å². The predicted molar refractivity (Wildman–Crippen MR) is 192 cm³/mol. The Morgan fingerprint density at radius 1 is 1.02 bits per heavy atom. The summed E-state index contributed by atoms with van der Waals surface area (Å²) in [5.74, 6) is -1.25. The van der Waals surface area contributed by atoms with Gasteiger partial charge in [-0.1, -0.05) is 11.6 Å². The Morgan fingerprint density at radius 2 is 1.76 bits per heavy atom. The topological polar surface area (TPSA) is 151 Å². The number of aryl methyl sites for hydroxylation is 1. The largest absolute Gasteiger partial charge is 0.496 e. The van der Waals surface area contributed by atoms with Gasteiger partial charge in [-0.05, 0) is 63.1 Å². The number of methoxy groups -OCH3 is 3. The van der Waals surface area contributed by atoms with Crippen LogP contribution in [-0.4, -0.2) is 121 Å². The van der Waals surface area contributed by atoms with Gasteiger partial charge in [-0.2, -0.15) is 12.7 Å². The molecule has 1 aromatic heterocycles. The molecule has 3 aliphatic heterocycles. The summed E-state index contributed by atoms with van der Waals surface area (Å²) in [6.07, 6.45) is 1.66. The second-order valence-corrected chi connectivity index (χ2v) is 15.3. The quantitative estimate of drug-likeness (QED) is 0.305. The van der Waals surface area contributed by atoms with E-state index in [1.807, 2.05) is 13.0 Å². The molecular weight excluding hydrogens is 702 g/mol. The molecule has 3 aliphatic rings. The number of benzene rings is 2. The number of hydrogen-bond acceptors (Lipinski definition) is 11. The molecule has 0 spiro atoms. The highest BCUT2D eigenvalue weighted by Gasteiger charge is 2.36. The average Bonchev–Trinajstić information content (AvgIpc) is 3.59. The molecule has 2 amide bonds. The van der Waals surface area contributed by atoms with E-state index in [1.165, 1.54) is 41.6 Å². The van der Waals surface area contributed by atoms with Crippen molar-refractivity contribution in [3.63, 3.8) is 0 Å². The van der Waals surface area contributed by atoms with Crippen LogP contribution in [0.15, 0.2) is 33.5 Å². The van der Waals surface area contributed by atoms with E-state index < -0.39 is 27.6 Å². The van der Waals surface area contributed by atoms with Crippen LogP contribution in [0.2, 0.25) is 5.02 Å². The zero-order valence-corrected chi connectivity index (χ0v) is 31.1. The second-order valence-electron chi connectivity index (χ2n) is 13.3. The van der Waals surface area contributed by atoms with Crippen molar-refractivity contribution in [2.24, 2.45) is 0 Å². The molecule has 0 aliphatic carbocycles. The zero-order valence-electron chi connectivity index (χ0n) is 29.5. The van der Waals surface area contributed by atoms with Crippen LogP contribution in [0.5, 0.6) is 5.75 Å². The number of nitrogens with zero attached hydrogens (tertiary/aromatic N) is 4. The van der Waals surface area contributed by atoms with Gasteiger partial charge in [0.25, 0.3) is 11.8 Å². The first-order chi connectivity index (χ1) is 24.4. The fraction of sp³-hybridized carbons (Fsp3) is 0.514. The Labute approximate surface area is 302 Å². The molecule has 2 atom stereocenters. The molecule has 3 aromatic rings. The maximum Gasteiger partial charge on any atom is 0.341 e. The number of piperazine rings is 1. The van der Waals surface area contributed by atoms with Crippen LogP contribution < -0.4 is 20.0 Å². The monoisotopic (exact) mass is 745 g/mol. The minimum absolute atomic E-state index is 0.00198. The van der Waals surface area contributed by atoms with Gasteiger partial charge in [0, 0.05) is 75.2 Å². The average molecular weight is 746 g/mol. The molecule has 0 saturated carbocycles. The van der Waals surface area contributed by atoms with Crippen molar-refractivity contribution < 1.29 is 36.6 Å². The number of halogens is 1. The van der Waals surface area contributed by atoms with Crippen molar-refractivity contribution >= 4 is 50.3 Å². The molecule has 2 saturated heterocycles. The van der Waals surface area contributed by atoms with Crippen LogP contribution in [-0.2, 0) is 32.6 Å². The van der Waals surface area contributed by atoms with E-state index in [4.69, 9.17) is 30.2 Å². The molecular formula is C35H44ClN5O9S. The van der Waals surface area contributed by atoms with Crippen molar-refractivity contribution in [3.05, 3.63) is 67.5 Å². The summed E-state index contributed by atoms with van der Waals surface area (Å²) in [4.78, 5) is 46.4. The van der Waals surface area contributed by atoms with Gasteiger partial charge < -0.3 is 28.4 Å². The highest BCUT2D eigenvalue weighted by atomic mass is 35.5. The molecule has 1 N–H and O–H groups in total. The van der Waals surface area contributed by atoms with Gasteiger partial charge in [0.05, 0.1) is 49.1 Å². The van der Waals surface area contributed by atoms with E-state index in [9.17, 15) is 22.8 Å². The standard InChI is InChI=1S/C35H44ClN5O9S/c1-21-29(39-14-13-38(2)24(17-39)20-48-4)16-28(36)31-25-10-12-40(18-27(25)35(44)50-32(21)31)34(43)22-8-9-26(30(15-22)49-5)33(42)37-51(45,46)41-11-6-7-23(41)19-47-3/h8-9,15-16,23-24H,6-7,10-14,17-20H2,1-5H3,(H,37,42)/t23-,24+/m0/s1. The number of carbonyl (C=O) groups is 2. The van der Waals surface area contributed by atoms with E-state index in [-0.39, 0.29) is 48.7 Å². The van der Waals surface area contributed by atoms with Crippen LogP contribution in [0.25, 0.3) is 11.0 Å². The lowest BCUT2D eigenvalue weighted by Gasteiger charge is -2.41. The molecule has 4 heterocycles. The van der Waals surface area contributed by atoms with E-state index in [0.29, 0.717) is 54.0 Å². The third kappa shape index (κ3) is 7.19. The van der Waals surface area contributed by atoms with E-state index in [0.717, 1.165) is 36.4 Å². The second kappa shape index (κ2) is 15.1. The fourth-order valence-electron chi connectivity index (χ4n) is 7.45. The number of rotatable bonds is 10. The first kappa shape index (κ1) is 37.0. The lowest BCUT2D eigenvalue weighted by molar-refractivity contribution is 0.0732. The molecule has 0 radical (unpaired) electrons. The summed E-state index contributed by atoms with van der Waals surface area (Å²) < 4.78 is 51.4. The Morgan fingerprint density at radius 3 is 2.49 bits per heavy atom. The summed E-state index contributed by atoms with van der Waals surface area (Å²) in [5.41, 5.74) is 2.93. The Hall–Kier alpha value is -3.73. The number of fused-ring (bicyclic) bond motifs is 3. The Bertz CT molecular complexity index is 2010. The molecule has 16 heteroatoms. The SMILES string of the molecule is COC[C@H]1CN(c2cc(Cl)c3c4c(c(=O)oc3c2C)CN(C(=O)c2ccc(C(=O)NS(=O)(=O)N3CCC[C@H]3COC)c(OC)c2)CC4)CCN1C.